The van der Waals surface area contributed by atoms with Crippen LogP contribution in [0.2, 0.25) is 0 Å². The molecule has 0 aromatic heterocycles. The highest BCUT2D eigenvalue weighted by atomic mass is 35.5. The Morgan fingerprint density at radius 1 is 1.09 bits per heavy atom. The number of rotatable bonds is 7. The maximum atomic E-state index is 15.0. The first-order valence-corrected chi connectivity index (χ1v) is 13.6. The number of fused-ring (bicyclic) bond motifs is 2. The summed E-state index contributed by atoms with van der Waals surface area (Å²) in [6.07, 6.45) is 3.58. The number of sulfonamides is 1. The fourth-order valence-electron chi connectivity index (χ4n) is 6.83. The van der Waals surface area contributed by atoms with Gasteiger partial charge in [-0.1, -0.05) is 31.2 Å². The number of hydrogen-bond donors (Lipinski definition) is 2. The number of piperidine rings is 1. The molecule has 5 nitrogen and oxygen atoms in total. The van der Waals surface area contributed by atoms with Crippen molar-refractivity contribution in [2.75, 3.05) is 24.4 Å². The van der Waals surface area contributed by atoms with Gasteiger partial charge in [-0.25, -0.2) is 12.8 Å². The van der Waals surface area contributed by atoms with Gasteiger partial charge in [0.1, 0.15) is 5.82 Å². The van der Waals surface area contributed by atoms with Crippen LogP contribution in [0, 0.1) is 17.7 Å². The number of halogens is 2. The van der Waals surface area contributed by atoms with E-state index >= 15 is 4.39 Å². The van der Waals surface area contributed by atoms with Crippen molar-refractivity contribution < 1.29 is 17.9 Å². The first-order chi connectivity index (χ1) is 15.7. The van der Waals surface area contributed by atoms with Crippen LogP contribution in [0.5, 0.6) is 0 Å². The summed E-state index contributed by atoms with van der Waals surface area (Å²) in [4.78, 5) is 2.34. The number of nitrogens with zero attached hydrogens (tertiary/aromatic N) is 1. The summed E-state index contributed by atoms with van der Waals surface area (Å²) >= 11 is 0. The number of aliphatic hydroxyl groups is 1. The predicted octanol–water partition coefficient (Wildman–Crippen LogP) is 3.89. The summed E-state index contributed by atoms with van der Waals surface area (Å²) in [7, 11) is -3.38. The molecule has 3 aliphatic carbocycles. The van der Waals surface area contributed by atoms with E-state index in [2.05, 4.69) is 28.7 Å². The van der Waals surface area contributed by atoms with E-state index in [1.54, 1.807) is 6.07 Å². The zero-order valence-corrected chi connectivity index (χ0v) is 21.0. The second-order valence-electron chi connectivity index (χ2n) is 10.7. The Hall–Kier alpha value is -1.67. The Morgan fingerprint density at radius 3 is 2.26 bits per heavy atom. The molecule has 2 aromatic rings. The lowest BCUT2D eigenvalue weighted by atomic mass is 9.86. The van der Waals surface area contributed by atoms with E-state index in [0.29, 0.717) is 55.3 Å². The van der Waals surface area contributed by atoms with Gasteiger partial charge in [-0.15, -0.1) is 12.4 Å². The van der Waals surface area contributed by atoms with Gasteiger partial charge in [-0.2, -0.15) is 0 Å². The third kappa shape index (κ3) is 3.85. The molecular formula is C26H32ClFN2O3S. The highest BCUT2D eigenvalue weighted by molar-refractivity contribution is 7.93. The van der Waals surface area contributed by atoms with Gasteiger partial charge in [0.05, 0.1) is 10.9 Å². The lowest BCUT2D eigenvalue weighted by Crippen LogP contribution is -2.45. The van der Waals surface area contributed by atoms with E-state index in [0.717, 1.165) is 19.5 Å². The van der Waals surface area contributed by atoms with Gasteiger partial charge in [0, 0.05) is 43.6 Å². The van der Waals surface area contributed by atoms with Gasteiger partial charge >= 0.3 is 0 Å². The Labute approximate surface area is 207 Å². The van der Waals surface area contributed by atoms with E-state index in [4.69, 9.17) is 0 Å². The zero-order valence-electron chi connectivity index (χ0n) is 19.3. The van der Waals surface area contributed by atoms with Crippen LogP contribution < -0.4 is 4.72 Å². The Balaban J connectivity index is 0.00000241. The molecular weight excluding hydrogens is 475 g/mol. The molecule has 0 radical (unpaired) electrons. The van der Waals surface area contributed by atoms with Crippen molar-refractivity contribution in [3.8, 4) is 0 Å². The molecule has 2 N–H and O–H groups in total. The third-order valence-electron chi connectivity index (χ3n) is 8.56. The summed E-state index contributed by atoms with van der Waals surface area (Å²) < 4.78 is 42.4. The molecule has 3 atom stereocenters. The smallest absolute Gasteiger partial charge is 0.235 e. The number of benzene rings is 2. The minimum atomic E-state index is -3.38. The number of β-amino-alcohol motifs (C(OH)–C–C–N with tert-alkyl or cyclic N) is 1. The van der Waals surface area contributed by atoms with E-state index in [-0.39, 0.29) is 28.9 Å². The molecule has 0 spiro atoms. The lowest BCUT2D eigenvalue weighted by molar-refractivity contribution is 0.0138. The van der Waals surface area contributed by atoms with Crippen LogP contribution in [0.15, 0.2) is 42.5 Å². The van der Waals surface area contributed by atoms with Crippen LogP contribution >= 0.6 is 12.4 Å². The highest BCUT2D eigenvalue weighted by Gasteiger charge is 2.68. The predicted molar refractivity (Wildman–Crippen MR) is 133 cm³/mol. The standard InChI is InChI=1S/C26H31FN2O3S.ClH/c1-2-26(21-11-19(7-10-24(21)27)28-33(31,32)20-8-9-20)22-14-29(15-23(22)26)16-25(30)12-17-5-3-4-6-18(17)13-25;/h3-7,10-11,20,22-23,28,30H,2,8-9,12-16H2,1H3;1H/t22-,23+,26?;. The molecule has 8 heteroatoms. The van der Waals surface area contributed by atoms with Gasteiger partial charge in [0.2, 0.25) is 10.0 Å². The van der Waals surface area contributed by atoms with Crippen molar-refractivity contribution >= 4 is 28.1 Å². The molecule has 2 saturated carbocycles. The summed E-state index contributed by atoms with van der Waals surface area (Å²) in [5.74, 6) is 0.413. The molecule has 6 rings (SSSR count). The lowest BCUT2D eigenvalue weighted by Gasteiger charge is -2.32. The summed E-state index contributed by atoms with van der Waals surface area (Å²) in [5, 5.41) is 10.9. The molecule has 0 amide bonds. The largest absolute Gasteiger partial charge is 0.388 e. The molecule has 1 saturated heterocycles. The van der Waals surface area contributed by atoms with E-state index in [9.17, 15) is 13.5 Å². The molecule has 34 heavy (non-hydrogen) atoms. The fourth-order valence-corrected chi connectivity index (χ4v) is 8.21. The molecule has 3 fully saturated rings. The van der Waals surface area contributed by atoms with Gasteiger partial charge < -0.3 is 5.11 Å². The quantitative estimate of drug-likeness (QED) is 0.597. The van der Waals surface area contributed by atoms with Crippen molar-refractivity contribution in [2.24, 2.45) is 11.8 Å². The molecule has 4 aliphatic rings. The van der Waals surface area contributed by atoms with Crippen molar-refractivity contribution in [1.29, 1.82) is 0 Å². The minimum absolute atomic E-state index is 0. The summed E-state index contributed by atoms with van der Waals surface area (Å²) in [6, 6.07) is 12.9. The Bertz CT molecular complexity index is 1180. The first-order valence-electron chi connectivity index (χ1n) is 12.1. The van der Waals surface area contributed by atoms with Crippen LogP contribution in [0.25, 0.3) is 0 Å². The molecule has 2 aromatic carbocycles. The van der Waals surface area contributed by atoms with Gasteiger partial charge in [-0.3, -0.25) is 9.62 Å². The molecule has 1 heterocycles. The van der Waals surface area contributed by atoms with Crippen LogP contribution in [-0.4, -0.2) is 48.9 Å². The van der Waals surface area contributed by atoms with E-state index in [1.807, 2.05) is 12.1 Å². The van der Waals surface area contributed by atoms with Gasteiger partial charge in [0.15, 0.2) is 0 Å². The SMILES string of the molecule is CCC1(c2cc(NS(=O)(=O)C3CC3)ccc2F)[C@@H]2CN(CC3(O)Cc4ccccc4C3)C[C@@H]21.Cl. The fraction of sp³-hybridized carbons (Fsp3) is 0.538. The average molecular weight is 507 g/mol. The molecule has 0 bridgehead atoms. The second kappa shape index (κ2) is 8.19. The van der Waals surface area contributed by atoms with Crippen LogP contribution in [0.1, 0.15) is 42.9 Å². The zero-order chi connectivity index (χ0) is 23.0. The van der Waals surface area contributed by atoms with Crippen LogP contribution in [0.4, 0.5) is 10.1 Å². The highest BCUT2D eigenvalue weighted by Crippen LogP contribution is 2.66. The maximum Gasteiger partial charge on any atom is 0.235 e. The first kappa shape index (κ1) is 24.0. The molecule has 1 unspecified atom stereocenters. The number of nitrogens with one attached hydrogen (secondary N) is 1. The van der Waals surface area contributed by atoms with Gasteiger partial charge in [0.25, 0.3) is 0 Å². The number of anilines is 1. The van der Waals surface area contributed by atoms with Crippen molar-refractivity contribution in [1.82, 2.24) is 4.90 Å². The Morgan fingerprint density at radius 2 is 1.71 bits per heavy atom. The summed E-state index contributed by atoms with van der Waals surface area (Å²) in [5.41, 5.74) is 2.60. The average Bonchev–Trinajstić information content (AvgIpc) is 3.64. The van der Waals surface area contributed by atoms with E-state index in [1.165, 1.54) is 23.3 Å². The number of hydrogen-bond acceptors (Lipinski definition) is 4. The van der Waals surface area contributed by atoms with Crippen molar-refractivity contribution in [3.63, 3.8) is 0 Å². The topological polar surface area (TPSA) is 69.6 Å². The Kier molecular flexibility index (Phi) is 5.79. The van der Waals surface area contributed by atoms with E-state index < -0.39 is 15.6 Å². The molecule has 184 valence electrons. The minimum Gasteiger partial charge on any atom is -0.388 e. The van der Waals surface area contributed by atoms with Crippen LogP contribution in [0.3, 0.4) is 0 Å². The second-order valence-corrected chi connectivity index (χ2v) is 12.6. The van der Waals surface area contributed by atoms with Gasteiger partial charge in [-0.05, 0) is 66.0 Å². The van der Waals surface area contributed by atoms with Crippen molar-refractivity contribution in [3.05, 3.63) is 65.0 Å². The maximum absolute atomic E-state index is 15.0. The normalized spacial score (nSPS) is 29.3. The monoisotopic (exact) mass is 506 g/mol. The molecule has 1 aliphatic heterocycles. The van der Waals surface area contributed by atoms with Crippen molar-refractivity contribution in [2.45, 2.75) is 55.3 Å². The van der Waals surface area contributed by atoms with Crippen LogP contribution in [-0.2, 0) is 28.3 Å². The third-order valence-corrected chi connectivity index (χ3v) is 10.4. The number of likely N-dealkylation sites (tertiary alicyclic amines) is 1. The summed E-state index contributed by atoms with van der Waals surface area (Å²) in [6.45, 7) is 4.42.